The topological polar surface area (TPSA) is 451 Å². The zero-order valence-electron chi connectivity index (χ0n) is 36.1. The van der Waals surface area contributed by atoms with Crippen LogP contribution in [0.1, 0.15) is 66.7 Å². The summed E-state index contributed by atoms with van der Waals surface area (Å²) in [5.74, 6) is -9.67. The first-order valence-electron chi connectivity index (χ1n) is 20.4. The molecule has 2 rings (SSSR count). The Morgan fingerprint density at radius 2 is 1.22 bits per heavy atom. The first-order valence-corrected chi connectivity index (χ1v) is 20.4. The molecule has 0 radical (unpaired) electrons. The molecule has 0 bridgehead atoms. The van der Waals surface area contributed by atoms with Gasteiger partial charge in [-0.3, -0.25) is 38.4 Å². The molecule has 6 amide bonds. The number of aliphatic hydroxyl groups excluding tert-OH is 5. The normalized spacial score (nSPS) is 28.1. The summed E-state index contributed by atoms with van der Waals surface area (Å²) in [6.45, 7) is 3.91. The number of rotatable bonds is 25. The number of hydrogen-bond acceptors (Lipinski definition) is 19. The Bertz CT molecular complexity index is 1690. The van der Waals surface area contributed by atoms with Gasteiger partial charge in [0.15, 0.2) is 12.6 Å². The highest BCUT2D eigenvalue weighted by atomic mass is 16.7. The predicted molar refractivity (Wildman–Crippen MR) is 213 cm³/mol. The Morgan fingerprint density at radius 1 is 0.631 bits per heavy atom. The highest BCUT2D eigenvalue weighted by Crippen LogP contribution is 2.31. The van der Waals surface area contributed by atoms with Gasteiger partial charge in [0.2, 0.25) is 35.4 Å². The summed E-state index contributed by atoms with van der Waals surface area (Å²) in [4.78, 5) is 111. The molecule has 28 heteroatoms. The quantitative estimate of drug-likeness (QED) is 0.0404. The van der Waals surface area contributed by atoms with Crippen LogP contribution in [-0.4, -0.2) is 205 Å². The molecule has 0 aromatic carbocycles. The fraction of sp³-hybridized carbons (Fsp3) is 0.757. The van der Waals surface area contributed by atoms with Crippen LogP contribution >= 0.6 is 0 Å². The Kier molecular flexibility index (Phi) is 22.5. The third-order valence-corrected chi connectivity index (χ3v) is 10.2. The van der Waals surface area contributed by atoms with Crippen molar-refractivity contribution in [3.05, 3.63) is 0 Å². The van der Waals surface area contributed by atoms with Gasteiger partial charge in [-0.15, -0.1) is 0 Å². The highest BCUT2D eigenvalue weighted by Gasteiger charge is 2.53. The van der Waals surface area contributed by atoms with Gasteiger partial charge in [-0.25, -0.2) is 4.79 Å². The van der Waals surface area contributed by atoms with E-state index in [1.807, 2.05) is 0 Å². The highest BCUT2D eigenvalue weighted by molar-refractivity contribution is 5.92. The van der Waals surface area contributed by atoms with Crippen LogP contribution in [0.3, 0.4) is 0 Å². The first kappa shape index (κ1) is 56.0. The standard InChI is InChI=1S/C37H61N7O21/c1-13(30(52)44-20(35(59)60)9-10-23(49)43-19(8-6-7-18(38)34(57)58)32(54)40-14(2)33(55)56)39-31(53)15(3)62-29-25(42-17(5)48)36(61)63-22(12-46)28(29)65-37-24(41-16(4)47)27(51)26(50)21(11-45)64-37/h13-15,18-22,24-29,36-37,45-46,50-51,61H,6-12,38H2,1-5H3,(H,39,53)(H,40,54)(H,41,47)(H,42,48)(H,43,49)(H,44,52)(H,55,56)(H,57,58)(H,59,60)/t13-,14+,15+,18+,19-,20+,21+,22+,24+,25+,26+,27+,28+,29+,36?,37-/m0/s1. The van der Waals surface area contributed by atoms with Gasteiger partial charge < -0.3 is 97.4 Å². The molecular formula is C37H61N7O21. The second-order valence-electron chi connectivity index (χ2n) is 15.5. The number of nitrogens with two attached hydrogens (primary N) is 1. The van der Waals surface area contributed by atoms with E-state index in [0.717, 1.165) is 27.7 Å². The molecule has 28 nitrogen and oxygen atoms in total. The number of aliphatic hydroxyl groups is 5. The minimum atomic E-state index is -1.90. The average molecular weight is 940 g/mol. The summed E-state index contributed by atoms with van der Waals surface area (Å²) in [6.07, 6.45) is -16.4. The molecule has 2 fully saturated rings. The maximum Gasteiger partial charge on any atom is 0.326 e. The van der Waals surface area contributed by atoms with E-state index < -0.39 is 177 Å². The summed E-state index contributed by atoms with van der Waals surface area (Å²) in [5.41, 5.74) is 5.49. The molecule has 2 heterocycles. The monoisotopic (exact) mass is 939 g/mol. The number of carbonyl (C=O) groups excluding carboxylic acids is 6. The van der Waals surface area contributed by atoms with Gasteiger partial charge in [0.1, 0.15) is 85.0 Å². The summed E-state index contributed by atoms with van der Waals surface area (Å²) in [6, 6.07) is -10.3. The Hall–Kier alpha value is -5.17. The number of amides is 6. The maximum atomic E-state index is 13.4. The molecule has 0 spiro atoms. The van der Waals surface area contributed by atoms with Crippen LogP contribution in [0.25, 0.3) is 0 Å². The predicted octanol–water partition coefficient (Wildman–Crippen LogP) is -7.19. The van der Waals surface area contributed by atoms with Gasteiger partial charge in [-0.2, -0.15) is 0 Å². The molecule has 16 atom stereocenters. The van der Waals surface area contributed by atoms with Gasteiger partial charge in [-0.05, 0) is 46.5 Å². The Labute approximate surface area is 371 Å². The number of carboxylic acids is 3. The van der Waals surface area contributed by atoms with Crippen LogP contribution in [0.15, 0.2) is 0 Å². The fourth-order valence-electron chi connectivity index (χ4n) is 6.62. The van der Waals surface area contributed by atoms with Crippen molar-refractivity contribution in [2.45, 2.75) is 164 Å². The van der Waals surface area contributed by atoms with Gasteiger partial charge in [0, 0.05) is 20.3 Å². The van der Waals surface area contributed by atoms with Crippen molar-refractivity contribution in [2.24, 2.45) is 5.73 Å². The number of hydrogen-bond donors (Lipinski definition) is 15. The lowest BCUT2D eigenvalue weighted by Gasteiger charge is -2.48. The van der Waals surface area contributed by atoms with Crippen LogP contribution in [0.4, 0.5) is 0 Å². The maximum absolute atomic E-state index is 13.4. The summed E-state index contributed by atoms with van der Waals surface area (Å²) < 4.78 is 23.1. The molecule has 2 saturated heterocycles. The summed E-state index contributed by atoms with van der Waals surface area (Å²) in [7, 11) is 0. The Balaban J connectivity index is 2.21. The minimum absolute atomic E-state index is 0.0111. The first-order chi connectivity index (χ1) is 30.3. The lowest BCUT2D eigenvalue weighted by molar-refractivity contribution is -0.333. The fourth-order valence-corrected chi connectivity index (χ4v) is 6.62. The van der Waals surface area contributed by atoms with Gasteiger partial charge in [0.05, 0.1) is 13.2 Å². The molecule has 0 aliphatic carbocycles. The molecule has 16 N–H and O–H groups in total. The smallest absolute Gasteiger partial charge is 0.326 e. The molecule has 370 valence electrons. The van der Waals surface area contributed by atoms with Gasteiger partial charge >= 0.3 is 17.9 Å². The molecule has 0 aromatic heterocycles. The zero-order chi connectivity index (χ0) is 49.5. The molecule has 0 saturated carbocycles. The van der Waals surface area contributed by atoms with Crippen LogP contribution in [0, 0.1) is 0 Å². The van der Waals surface area contributed by atoms with Gasteiger partial charge in [-0.1, -0.05) is 0 Å². The molecule has 2 aliphatic heterocycles. The molecular weight excluding hydrogens is 878 g/mol. The van der Waals surface area contributed by atoms with E-state index in [0.29, 0.717) is 0 Å². The third kappa shape index (κ3) is 17.0. The third-order valence-electron chi connectivity index (χ3n) is 10.2. The van der Waals surface area contributed by atoms with Crippen molar-refractivity contribution in [3.63, 3.8) is 0 Å². The molecule has 0 aromatic rings. The van der Waals surface area contributed by atoms with Crippen molar-refractivity contribution >= 4 is 53.4 Å². The van der Waals surface area contributed by atoms with Crippen LogP contribution in [0.5, 0.6) is 0 Å². The van der Waals surface area contributed by atoms with E-state index in [1.54, 1.807) is 0 Å². The second kappa shape index (κ2) is 26.1. The molecule has 65 heavy (non-hydrogen) atoms. The lowest BCUT2D eigenvalue weighted by atomic mass is 9.94. The SMILES string of the molecule is CC(=O)N[C@H]1[C@H](O[C@H]2[C@H](O[C@H](C)C(=O)N[C@@H](C)C(=O)N[C@H](CCC(=O)N[C@@H](CCC[C@@H](N)C(=O)O)C(=O)N[C@H](C)C(=O)O)C(=O)O)[C@@H](NC(C)=O)C(O)O[C@@H]2CO)O[C@H](CO)[C@@H](O)[C@@H]1O. The van der Waals surface area contributed by atoms with Crippen LogP contribution in [-0.2, 0) is 62.1 Å². The minimum Gasteiger partial charge on any atom is -0.480 e. The van der Waals surface area contributed by atoms with E-state index in [-0.39, 0.29) is 19.3 Å². The van der Waals surface area contributed by atoms with Crippen molar-refractivity contribution in [3.8, 4) is 0 Å². The lowest BCUT2D eigenvalue weighted by Crippen LogP contribution is -2.70. The molecule has 1 unspecified atom stereocenters. The van der Waals surface area contributed by atoms with E-state index in [2.05, 4.69) is 31.9 Å². The summed E-state index contributed by atoms with van der Waals surface area (Å²) >= 11 is 0. The van der Waals surface area contributed by atoms with Crippen molar-refractivity contribution < 1.29 is 103 Å². The van der Waals surface area contributed by atoms with Crippen molar-refractivity contribution in [2.75, 3.05) is 13.2 Å². The van der Waals surface area contributed by atoms with E-state index in [4.69, 9.17) is 34.9 Å². The average Bonchev–Trinajstić information content (AvgIpc) is 3.22. The number of ether oxygens (including phenoxy) is 4. The largest absolute Gasteiger partial charge is 0.480 e. The number of carboxylic acid groups (broad SMARTS) is 3. The zero-order valence-corrected chi connectivity index (χ0v) is 36.1. The number of aliphatic carboxylic acids is 3. The second-order valence-corrected chi connectivity index (χ2v) is 15.5. The van der Waals surface area contributed by atoms with Crippen LogP contribution in [0.2, 0.25) is 0 Å². The van der Waals surface area contributed by atoms with Crippen molar-refractivity contribution in [1.29, 1.82) is 0 Å². The van der Waals surface area contributed by atoms with Gasteiger partial charge in [0.25, 0.3) is 0 Å². The number of nitrogens with one attached hydrogen (secondary N) is 6. The Morgan fingerprint density at radius 3 is 1.75 bits per heavy atom. The molecule has 2 aliphatic rings. The van der Waals surface area contributed by atoms with Crippen LogP contribution < -0.4 is 37.6 Å². The van der Waals surface area contributed by atoms with E-state index in [1.165, 1.54) is 6.92 Å². The van der Waals surface area contributed by atoms with E-state index in [9.17, 15) is 73.8 Å². The number of carbonyl (C=O) groups is 9. The summed E-state index contributed by atoms with van der Waals surface area (Å²) in [5, 5.41) is 93.8. The van der Waals surface area contributed by atoms with E-state index >= 15 is 0 Å². The van der Waals surface area contributed by atoms with Crippen molar-refractivity contribution in [1.82, 2.24) is 31.9 Å².